The minimum Gasteiger partial charge on any atom is -0.493 e. The van der Waals surface area contributed by atoms with Gasteiger partial charge in [0.15, 0.2) is 15.8 Å². The Labute approximate surface area is 178 Å². The molecule has 7 nitrogen and oxygen atoms in total. The lowest BCUT2D eigenvalue weighted by atomic mass is 10.2. The van der Waals surface area contributed by atoms with Crippen molar-refractivity contribution < 1.29 is 19.1 Å². The molecular formula is C20H19N3O4S2. The summed E-state index contributed by atoms with van der Waals surface area (Å²) in [6, 6.07) is 8.52. The predicted octanol–water partition coefficient (Wildman–Crippen LogP) is 3.43. The minimum absolute atomic E-state index is 0.249. The number of amides is 2. The maximum absolute atomic E-state index is 12.7. The number of rotatable bonds is 7. The van der Waals surface area contributed by atoms with E-state index in [4.69, 9.17) is 21.7 Å². The second-order valence-electron chi connectivity index (χ2n) is 5.95. The second-order valence-corrected chi connectivity index (χ2v) is 7.63. The van der Waals surface area contributed by atoms with Crippen molar-refractivity contribution in [1.82, 2.24) is 15.4 Å². The standard InChI is InChI=1S/C20H19N3O4S2/c1-3-10-27-15-5-4-13(11-16(15)26-2)12-17-19(25)23(20(28)29-17)22-18(24)14-6-8-21-9-7-14/h4-9,11-12H,3,10H2,1-2H3,(H,22,24). The summed E-state index contributed by atoms with van der Waals surface area (Å²) in [5.41, 5.74) is 3.67. The molecule has 1 fully saturated rings. The third kappa shape index (κ3) is 4.93. The fourth-order valence-corrected chi connectivity index (χ4v) is 3.67. The van der Waals surface area contributed by atoms with Crippen LogP contribution in [0.1, 0.15) is 29.3 Å². The van der Waals surface area contributed by atoms with Crippen LogP contribution in [0.15, 0.2) is 47.6 Å². The number of carbonyl (C=O) groups is 2. The molecule has 1 aliphatic heterocycles. The van der Waals surface area contributed by atoms with Crippen molar-refractivity contribution in [3.63, 3.8) is 0 Å². The Balaban J connectivity index is 1.76. The van der Waals surface area contributed by atoms with E-state index >= 15 is 0 Å². The molecule has 0 radical (unpaired) electrons. The average Bonchev–Trinajstić information content (AvgIpc) is 3.00. The SMILES string of the molecule is CCCOc1ccc(C=C2SC(=S)N(NC(=O)c3ccncc3)C2=O)cc1OC. The number of pyridine rings is 1. The summed E-state index contributed by atoms with van der Waals surface area (Å²) in [5, 5.41) is 1.07. The summed E-state index contributed by atoms with van der Waals surface area (Å²) in [7, 11) is 1.56. The maximum atomic E-state index is 12.7. The highest BCUT2D eigenvalue weighted by Gasteiger charge is 2.33. The quantitative estimate of drug-likeness (QED) is 0.533. The molecule has 0 aliphatic carbocycles. The number of thioether (sulfide) groups is 1. The molecule has 9 heteroatoms. The van der Waals surface area contributed by atoms with Crippen molar-refractivity contribution in [2.24, 2.45) is 0 Å². The summed E-state index contributed by atoms with van der Waals surface area (Å²) in [6.45, 7) is 2.61. The van der Waals surface area contributed by atoms with Crippen LogP contribution in [0.2, 0.25) is 0 Å². The molecule has 2 amide bonds. The van der Waals surface area contributed by atoms with Gasteiger partial charge in [-0.05, 0) is 54.5 Å². The topological polar surface area (TPSA) is 80.8 Å². The second kappa shape index (κ2) is 9.53. The van der Waals surface area contributed by atoms with Gasteiger partial charge in [-0.25, -0.2) is 0 Å². The van der Waals surface area contributed by atoms with E-state index in [1.807, 2.05) is 13.0 Å². The number of aromatic nitrogens is 1. The number of methoxy groups -OCH3 is 1. The number of hydrogen-bond acceptors (Lipinski definition) is 7. The molecule has 1 aromatic heterocycles. The Kier molecular flexibility index (Phi) is 6.84. The predicted molar refractivity (Wildman–Crippen MR) is 115 cm³/mol. The average molecular weight is 430 g/mol. The molecular weight excluding hydrogens is 410 g/mol. The highest BCUT2D eigenvalue weighted by Crippen LogP contribution is 2.34. The lowest BCUT2D eigenvalue weighted by Gasteiger charge is -2.15. The van der Waals surface area contributed by atoms with E-state index in [-0.39, 0.29) is 4.32 Å². The highest BCUT2D eigenvalue weighted by atomic mass is 32.2. The number of hydrogen-bond donors (Lipinski definition) is 1. The fraction of sp³-hybridized carbons (Fsp3) is 0.200. The van der Waals surface area contributed by atoms with Gasteiger partial charge in [0.25, 0.3) is 11.8 Å². The van der Waals surface area contributed by atoms with Gasteiger partial charge < -0.3 is 9.47 Å². The van der Waals surface area contributed by atoms with Gasteiger partial charge in [-0.3, -0.25) is 20.0 Å². The Morgan fingerprint density at radius 2 is 2.03 bits per heavy atom. The van der Waals surface area contributed by atoms with Crippen LogP contribution in [-0.2, 0) is 4.79 Å². The number of nitrogens with one attached hydrogen (secondary N) is 1. The van der Waals surface area contributed by atoms with Crippen molar-refractivity contribution in [1.29, 1.82) is 0 Å². The van der Waals surface area contributed by atoms with Gasteiger partial charge in [0.2, 0.25) is 0 Å². The van der Waals surface area contributed by atoms with Crippen LogP contribution in [0.3, 0.4) is 0 Å². The molecule has 0 saturated carbocycles. The zero-order valence-electron chi connectivity index (χ0n) is 15.9. The first-order chi connectivity index (χ1) is 14.0. The van der Waals surface area contributed by atoms with Crippen molar-refractivity contribution in [3.05, 3.63) is 58.8 Å². The van der Waals surface area contributed by atoms with Crippen LogP contribution in [0, 0.1) is 0 Å². The number of benzene rings is 1. The molecule has 0 bridgehead atoms. The minimum atomic E-state index is -0.441. The molecule has 0 spiro atoms. The maximum Gasteiger partial charge on any atom is 0.285 e. The van der Waals surface area contributed by atoms with Gasteiger partial charge >= 0.3 is 0 Å². The summed E-state index contributed by atoms with van der Waals surface area (Å²) >= 11 is 6.37. The summed E-state index contributed by atoms with van der Waals surface area (Å²) < 4.78 is 11.3. The molecule has 29 heavy (non-hydrogen) atoms. The Hall–Kier alpha value is -2.91. The number of thiocarbonyl (C=S) groups is 1. The summed E-state index contributed by atoms with van der Waals surface area (Å²) in [4.78, 5) is 29.3. The first-order valence-corrected chi connectivity index (χ1v) is 10.1. The molecule has 0 unspecified atom stereocenters. The Bertz CT molecular complexity index is 963. The largest absolute Gasteiger partial charge is 0.493 e. The summed E-state index contributed by atoms with van der Waals surface area (Å²) in [6.07, 6.45) is 5.59. The first kappa shape index (κ1) is 20.8. The van der Waals surface area contributed by atoms with Crippen LogP contribution < -0.4 is 14.9 Å². The van der Waals surface area contributed by atoms with E-state index in [2.05, 4.69) is 10.4 Å². The molecule has 2 heterocycles. The van der Waals surface area contributed by atoms with Crippen LogP contribution in [0.25, 0.3) is 6.08 Å². The van der Waals surface area contributed by atoms with E-state index in [9.17, 15) is 9.59 Å². The highest BCUT2D eigenvalue weighted by molar-refractivity contribution is 8.26. The molecule has 2 aromatic rings. The molecule has 3 rings (SSSR count). The molecule has 1 aliphatic rings. The zero-order chi connectivity index (χ0) is 20.8. The van der Waals surface area contributed by atoms with E-state index in [0.717, 1.165) is 28.8 Å². The number of carbonyl (C=O) groups excluding carboxylic acids is 2. The van der Waals surface area contributed by atoms with Gasteiger partial charge in [0.1, 0.15) is 0 Å². The van der Waals surface area contributed by atoms with Crippen LogP contribution in [-0.4, -0.2) is 39.8 Å². The van der Waals surface area contributed by atoms with E-state index < -0.39 is 11.8 Å². The van der Waals surface area contributed by atoms with E-state index in [1.165, 1.54) is 12.4 Å². The monoisotopic (exact) mass is 429 g/mol. The van der Waals surface area contributed by atoms with Crippen LogP contribution >= 0.6 is 24.0 Å². The normalized spacial score (nSPS) is 15.0. The van der Waals surface area contributed by atoms with Crippen molar-refractivity contribution in [3.8, 4) is 11.5 Å². The lowest BCUT2D eigenvalue weighted by Crippen LogP contribution is -2.44. The molecule has 0 atom stereocenters. The Morgan fingerprint density at radius 3 is 2.72 bits per heavy atom. The Morgan fingerprint density at radius 1 is 1.28 bits per heavy atom. The molecule has 1 aromatic carbocycles. The smallest absolute Gasteiger partial charge is 0.285 e. The number of ether oxygens (including phenoxy) is 2. The number of hydrazine groups is 1. The molecule has 1 saturated heterocycles. The van der Waals surface area contributed by atoms with Gasteiger partial charge in [-0.1, -0.05) is 24.8 Å². The lowest BCUT2D eigenvalue weighted by molar-refractivity contribution is -0.123. The molecule has 150 valence electrons. The first-order valence-electron chi connectivity index (χ1n) is 8.83. The third-order valence-electron chi connectivity index (χ3n) is 3.90. The zero-order valence-corrected chi connectivity index (χ0v) is 17.5. The van der Waals surface area contributed by atoms with Crippen LogP contribution in [0.5, 0.6) is 11.5 Å². The van der Waals surface area contributed by atoms with Gasteiger partial charge in [0.05, 0.1) is 18.6 Å². The fourth-order valence-electron chi connectivity index (χ4n) is 2.49. The van der Waals surface area contributed by atoms with E-state index in [1.54, 1.807) is 37.5 Å². The summed E-state index contributed by atoms with van der Waals surface area (Å²) in [5.74, 6) is 0.383. The molecule has 1 N–H and O–H groups in total. The van der Waals surface area contributed by atoms with Crippen molar-refractivity contribution >= 4 is 46.2 Å². The van der Waals surface area contributed by atoms with E-state index in [0.29, 0.717) is 28.6 Å². The third-order valence-corrected chi connectivity index (χ3v) is 5.20. The van der Waals surface area contributed by atoms with Crippen LogP contribution in [0.4, 0.5) is 0 Å². The van der Waals surface area contributed by atoms with Gasteiger partial charge in [0, 0.05) is 18.0 Å². The van der Waals surface area contributed by atoms with Gasteiger partial charge in [-0.15, -0.1) is 0 Å². The number of nitrogens with zero attached hydrogens (tertiary/aromatic N) is 2. The van der Waals surface area contributed by atoms with Gasteiger partial charge in [-0.2, -0.15) is 5.01 Å². The van der Waals surface area contributed by atoms with Crippen molar-refractivity contribution in [2.45, 2.75) is 13.3 Å². The van der Waals surface area contributed by atoms with Crippen molar-refractivity contribution in [2.75, 3.05) is 13.7 Å².